The maximum atomic E-state index is 14.3. The molecule has 0 atom stereocenters. The highest BCUT2D eigenvalue weighted by atomic mass is 19.1. The van der Waals surface area contributed by atoms with Gasteiger partial charge in [0.05, 0.1) is 5.56 Å². The number of carbonyl (C=O) groups is 1. The van der Waals surface area contributed by atoms with Gasteiger partial charge >= 0.3 is 0 Å². The molecule has 0 fully saturated rings. The first-order valence-electron chi connectivity index (χ1n) is 11.2. The van der Waals surface area contributed by atoms with E-state index in [4.69, 9.17) is 0 Å². The monoisotopic (exact) mass is 428 g/mol. The van der Waals surface area contributed by atoms with Gasteiger partial charge in [-0.05, 0) is 60.2 Å². The summed E-state index contributed by atoms with van der Waals surface area (Å²) in [6.07, 6.45) is 1.65. The van der Waals surface area contributed by atoms with Crippen LogP contribution in [0, 0.1) is 5.82 Å². The van der Waals surface area contributed by atoms with E-state index in [1.54, 1.807) is 12.1 Å². The first kappa shape index (κ1) is 22.0. The van der Waals surface area contributed by atoms with Crippen molar-refractivity contribution < 1.29 is 9.18 Å². The number of hydrogen-bond donors (Lipinski definition) is 1. The number of nitrogens with zero attached hydrogens (tertiary/aromatic N) is 1. The van der Waals surface area contributed by atoms with Crippen LogP contribution in [0.5, 0.6) is 0 Å². The Labute approximate surface area is 189 Å². The van der Waals surface area contributed by atoms with Gasteiger partial charge in [-0.1, -0.05) is 67.1 Å². The summed E-state index contributed by atoms with van der Waals surface area (Å²) in [7, 11) is 0. The number of hydrogen-bond acceptors (Lipinski definition) is 2. The van der Waals surface area contributed by atoms with Crippen LogP contribution < -0.4 is 5.32 Å². The lowest BCUT2D eigenvalue weighted by Gasteiger charge is -2.30. The van der Waals surface area contributed by atoms with Crippen molar-refractivity contribution in [2.24, 2.45) is 0 Å². The predicted octanol–water partition coefficient (Wildman–Crippen LogP) is 6.32. The molecular weight excluding hydrogens is 399 g/mol. The number of carbonyl (C=O) groups excluding carboxylic acids is 1. The summed E-state index contributed by atoms with van der Waals surface area (Å²) in [6, 6.07) is 23.2. The standard InChI is InChI=1S/C28H29FN2O/c1-3-22-10-7-11-26(29)27(22)28(32)30-24-14-12-23(13-15-24)25-19-31(17-16-20(25)2)18-21-8-5-4-6-9-21/h4-15H,3,16-19H2,1-2H3,(H,30,32). The van der Waals surface area contributed by atoms with Crippen LogP contribution in [0.4, 0.5) is 10.1 Å². The van der Waals surface area contributed by atoms with E-state index < -0.39 is 11.7 Å². The molecule has 0 spiro atoms. The van der Waals surface area contributed by atoms with Crippen LogP contribution in [0.15, 0.2) is 78.4 Å². The highest BCUT2D eigenvalue weighted by Crippen LogP contribution is 2.28. The number of amides is 1. The van der Waals surface area contributed by atoms with Gasteiger partial charge in [-0.25, -0.2) is 4.39 Å². The molecule has 0 unspecified atom stereocenters. The van der Waals surface area contributed by atoms with Crippen molar-refractivity contribution in [3.63, 3.8) is 0 Å². The normalized spacial score (nSPS) is 14.5. The molecule has 1 aliphatic heterocycles. The van der Waals surface area contributed by atoms with Crippen LogP contribution in [-0.4, -0.2) is 23.9 Å². The minimum atomic E-state index is -0.486. The van der Waals surface area contributed by atoms with Gasteiger partial charge in [-0.2, -0.15) is 0 Å². The van der Waals surface area contributed by atoms with Crippen molar-refractivity contribution in [3.05, 3.63) is 106 Å². The average molecular weight is 429 g/mol. The summed E-state index contributed by atoms with van der Waals surface area (Å²) in [4.78, 5) is 15.2. The first-order chi connectivity index (χ1) is 15.5. The summed E-state index contributed by atoms with van der Waals surface area (Å²) < 4.78 is 14.3. The Balaban J connectivity index is 1.47. The Morgan fingerprint density at radius 2 is 1.75 bits per heavy atom. The lowest BCUT2D eigenvalue weighted by atomic mass is 9.94. The Bertz CT molecular complexity index is 1120. The van der Waals surface area contributed by atoms with Gasteiger partial charge in [0.25, 0.3) is 5.91 Å². The molecular formula is C28H29FN2O. The van der Waals surface area contributed by atoms with E-state index in [1.165, 1.54) is 28.3 Å². The zero-order chi connectivity index (χ0) is 22.5. The van der Waals surface area contributed by atoms with Crippen LogP contribution in [0.3, 0.4) is 0 Å². The number of rotatable bonds is 6. The van der Waals surface area contributed by atoms with E-state index in [1.807, 2.05) is 37.3 Å². The summed E-state index contributed by atoms with van der Waals surface area (Å²) in [6.45, 7) is 7.02. The topological polar surface area (TPSA) is 32.3 Å². The Morgan fingerprint density at radius 3 is 2.47 bits per heavy atom. The van der Waals surface area contributed by atoms with Crippen molar-refractivity contribution in [2.75, 3.05) is 18.4 Å². The highest BCUT2D eigenvalue weighted by Gasteiger charge is 2.19. The van der Waals surface area contributed by atoms with Gasteiger partial charge in [-0.3, -0.25) is 9.69 Å². The SMILES string of the molecule is CCc1cccc(F)c1C(=O)Nc1ccc(C2=C(C)CCN(Cc3ccccc3)C2)cc1. The van der Waals surface area contributed by atoms with Crippen molar-refractivity contribution in [1.29, 1.82) is 0 Å². The van der Waals surface area contributed by atoms with Crippen molar-refractivity contribution in [2.45, 2.75) is 33.2 Å². The van der Waals surface area contributed by atoms with Crippen molar-refractivity contribution >= 4 is 17.2 Å². The van der Waals surface area contributed by atoms with E-state index in [0.29, 0.717) is 17.7 Å². The molecule has 164 valence electrons. The molecule has 3 aromatic carbocycles. The van der Waals surface area contributed by atoms with Crippen LogP contribution in [0.25, 0.3) is 5.57 Å². The molecule has 0 bridgehead atoms. The first-order valence-corrected chi connectivity index (χ1v) is 11.2. The fraction of sp³-hybridized carbons (Fsp3) is 0.250. The van der Waals surface area contributed by atoms with E-state index in [0.717, 1.165) is 26.1 Å². The molecule has 1 heterocycles. The van der Waals surface area contributed by atoms with E-state index >= 15 is 0 Å². The smallest absolute Gasteiger partial charge is 0.258 e. The predicted molar refractivity (Wildman–Crippen MR) is 129 cm³/mol. The lowest BCUT2D eigenvalue weighted by molar-refractivity contribution is 0.102. The second kappa shape index (κ2) is 9.92. The molecule has 0 aliphatic carbocycles. The molecule has 4 rings (SSSR count). The molecule has 0 saturated heterocycles. The van der Waals surface area contributed by atoms with Gasteiger partial charge in [0.2, 0.25) is 0 Å². The Morgan fingerprint density at radius 1 is 1.00 bits per heavy atom. The van der Waals surface area contributed by atoms with Crippen LogP contribution >= 0.6 is 0 Å². The Hall–Kier alpha value is -3.24. The average Bonchev–Trinajstić information content (AvgIpc) is 2.81. The maximum Gasteiger partial charge on any atom is 0.258 e. The minimum absolute atomic E-state index is 0.126. The summed E-state index contributed by atoms with van der Waals surface area (Å²) in [5.74, 6) is -0.894. The minimum Gasteiger partial charge on any atom is -0.322 e. The van der Waals surface area contributed by atoms with Crippen molar-refractivity contribution in [1.82, 2.24) is 4.90 Å². The third kappa shape index (κ3) is 4.97. The molecule has 1 N–H and O–H groups in total. The largest absolute Gasteiger partial charge is 0.322 e. The Kier molecular flexibility index (Phi) is 6.81. The van der Waals surface area contributed by atoms with E-state index in [9.17, 15) is 9.18 Å². The highest BCUT2D eigenvalue weighted by molar-refractivity contribution is 6.05. The molecule has 3 nitrogen and oxygen atoms in total. The fourth-order valence-electron chi connectivity index (χ4n) is 4.29. The van der Waals surface area contributed by atoms with Crippen LogP contribution in [-0.2, 0) is 13.0 Å². The van der Waals surface area contributed by atoms with Crippen molar-refractivity contribution in [3.8, 4) is 0 Å². The number of benzene rings is 3. The second-order valence-electron chi connectivity index (χ2n) is 8.36. The summed E-state index contributed by atoms with van der Waals surface area (Å²) >= 11 is 0. The summed E-state index contributed by atoms with van der Waals surface area (Å²) in [5.41, 5.74) is 6.74. The quantitative estimate of drug-likeness (QED) is 0.498. The van der Waals surface area contributed by atoms with Gasteiger partial charge in [0, 0.05) is 25.3 Å². The zero-order valence-corrected chi connectivity index (χ0v) is 18.7. The molecule has 1 aliphatic rings. The lowest BCUT2D eigenvalue weighted by Crippen LogP contribution is -2.30. The molecule has 32 heavy (non-hydrogen) atoms. The van der Waals surface area contributed by atoms with E-state index in [-0.39, 0.29) is 5.56 Å². The van der Waals surface area contributed by atoms with Crippen LogP contribution in [0.2, 0.25) is 0 Å². The van der Waals surface area contributed by atoms with Crippen LogP contribution in [0.1, 0.15) is 47.3 Å². The molecule has 0 saturated carbocycles. The molecule has 1 amide bonds. The van der Waals surface area contributed by atoms with Gasteiger partial charge in [0.1, 0.15) is 5.82 Å². The molecule has 0 radical (unpaired) electrons. The third-order valence-corrected chi connectivity index (χ3v) is 6.15. The molecule has 3 aromatic rings. The summed E-state index contributed by atoms with van der Waals surface area (Å²) in [5, 5.41) is 2.85. The third-order valence-electron chi connectivity index (χ3n) is 6.15. The van der Waals surface area contributed by atoms with Gasteiger partial charge in [-0.15, -0.1) is 0 Å². The number of anilines is 1. The molecule has 4 heteroatoms. The maximum absolute atomic E-state index is 14.3. The number of aryl methyl sites for hydroxylation is 1. The fourth-order valence-corrected chi connectivity index (χ4v) is 4.29. The molecule has 0 aromatic heterocycles. The number of halogens is 1. The second-order valence-corrected chi connectivity index (χ2v) is 8.36. The zero-order valence-electron chi connectivity index (χ0n) is 18.7. The van der Waals surface area contributed by atoms with E-state index in [2.05, 4.69) is 41.4 Å². The van der Waals surface area contributed by atoms with Gasteiger partial charge < -0.3 is 5.32 Å². The number of nitrogens with one attached hydrogen (secondary N) is 1. The van der Waals surface area contributed by atoms with Gasteiger partial charge in [0.15, 0.2) is 0 Å².